The maximum absolute atomic E-state index is 14.4. The van der Waals surface area contributed by atoms with E-state index in [2.05, 4.69) is 0 Å². The van der Waals surface area contributed by atoms with Gasteiger partial charge in [0.1, 0.15) is 17.1 Å². The molecule has 1 aliphatic rings. The van der Waals surface area contributed by atoms with E-state index in [-0.39, 0.29) is 35.4 Å². The lowest BCUT2D eigenvalue weighted by Crippen LogP contribution is -2.38. The molecule has 1 atom stereocenters. The molecule has 0 saturated heterocycles. The highest BCUT2D eigenvalue weighted by Crippen LogP contribution is 2.38. The van der Waals surface area contributed by atoms with Crippen molar-refractivity contribution in [3.63, 3.8) is 0 Å². The van der Waals surface area contributed by atoms with Gasteiger partial charge in [0.2, 0.25) is 0 Å². The smallest absolute Gasteiger partial charge is 0.339 e. The maximum Gasteiger partial charge on any atom is 0.339 e. The number of halogens is 2. The minimum atomic E-state index is -1.35. The van der Waals surface area contributed by atoms with Crippen LogP contribution in [-0.2, 0) is 16.0 Å². The topological polar surface area (TPSA) is 124 Å². The molecule has 2 aromatic rings. The molecule has 0 spiro atoms. The number of aliphatic carboxylic acids is 2. The van der Waals surface area contributed by atoms with Crippen LogP contribution in [0.2, 0.25) is 5.02 Å². The van der Waals surface area contributed by atoms with Crippen LogP contribution >= 0.6 is 11.6 Å². The summed E-state index contributed by atoms with van der Waals surface area (Å²) >= 11 is 5.88. The van der Waals surface area contributed by atoms with Crippen LogP contribution in [0.3, 0.4) is 0 Å². The third-order valence-corrected chi connectivity index (χ3v) is 5.70. The van der Waals surface area contributed by atoms with Crippen LogP contribution in [0.4, 0.5) is 4.39 Å². The molecule has 1 aliphatic carbocycles. The molecule has 0 fully saturated rings. The van der Waals surface area contributed by atoms with Crippen molar-refractivity contribution >= 4 is 29.3 Å². The number of carboxylic acids is 2. The number of carboxylic acid groups (broad SMARTS) is 2. The summed E-state index contributed by atoms with van der Waals surface area (Å²) in [5, 5.41) is 26.8. The molecule has 2 aromatic carbocycles. The Bertz CT molecular complexity index is 1160. The number of nitrogens with zero attached hydrogens (tertiary/aromatic N) is 1. The highest BCUT2D eigenvalue weighted by molar-refractivity contribution is 6.30. The molecule has 0 aliphatic heterocycles. The van der Waals surface area contributed by atoms with Crippen LogP contribution in [0.25, 0.3) is 0 Å². The highest BCUT2D eigenvalue weighted by Gasteiger charge is 2.35. The van der Waals surface area contributed by atoms with Crippen LogP contribution in [0.15, 0.2) is 42.0 Å². The Morgan fingerprint density at radius 3 is 2.34 bits per heavy atom. The predicted octanol–water partition coefficient (Wildman–Crippen LogP) is 4.08. The van der Waals surface area contributed by atoms with Crippen LogP contribution in [-0.4, -0.2) is 57.8 Å². The van der Waals surface area contributed by atoms with Crippen molar-refractivity contribution in [1.82, 2.24) is 4.90 Å². The van der Waals surface area contributed by atoms with E-state index in [0.29, 0.717) is 22.4 Å². The monoisotopic (exact) mass is 507 g/mol. The Kier molecular flexibility index (Phi) is 9.53. The number of fused-ring (bicyclic) bond motifs is 1. The molecular formula is C25H27ClFNO7. The fourth-order valence-corrected chi connectivity index (χ4v) is 3.98. The number of aliphatic hydroxyl groups excluding tert-OH is 1. The number of Topliss-reactive ketones (excluding diaryl/α,β-unsaturated/α-hetero) is 1. The molecule has 1 unspecified atom stereocenters. The fourth-order valence-electron chi connectivity index (χ4n) is 3.78. The maximum atomic E-state index is 14.4. The quantitative estimate of drug-likeness (QED) is 0.378. The molecule has 0 radical (unpaired) electrons. The van der Waals surface area contributed by atoms with Crippen molar-refractivity contribution < 1.29 is 38.8 Å². The Balaban J connectivity index is 0.00000100. The number of carbonyl (C=O) groups excluding carboxylic acids is 1. The van der Waals surface area contributed by atoms with Gasteiger partial charge in [-0.1, -0.05) is 23.7 Å². The lowest BCUT2D eigenvalue weighted by Gasteiger charge is -2.35. The van der Waals surface area contributed by atoms with Crippen molar-refractivity contribution in [1.29, 1.82) is 0 Å². The summed E-state index contributed by atoms with van der Waals surface area (Å²) in [6.45, 7) is 4.46. The van der Waals surface area contributed by atoms with Gasteiger partial charge in [-0.3, -0.25) is 14.5 Å². The summed E-state index contributed by atoms with van der Waals surface area (Å²) in [4.78, 5) is 35.3. The lowest BCUT2D eigenvalue weighted by atomic mass is 9.84. The molecule has 0 bridgehead atoms. The van der Waals surface area contributed by atoms with Gasteiger partial charge in [-0.2, -0.15) is 0 Å². The van der Waals surface area contributed by atoms with Crippen molar-refractivity contribution in [2.75, 3.05) is 13.8 Å². The number of hydrogen-bond donors (Lipinski definition) is 3. The summed E-state index contributed by atoms with van der Waals surface area (Å²) in [6, 6.07) is 7.06. The van der Waals surface area contributed by atoms with E-state index in [1.165, 1.54) is 25.3 Å². The summed E-state index contributed by atoms with van der Waals surface area (Å²) in [7, 11) is 1.46. The van der Waals surface area contributed by atoms with Crippen LogP contribution in [0, 0.1) is 5.82 Å². The molecule has 0 heterocycles. The van der Waals surface area contributed by atoms with Crippen molar-refractivity contribution in [3.05, 3.63) is 75.1 Å². The van der Waals surface area contributed by atoms with E-state index in [1.807, 2.05) is 13.8 Å². The molecule has 3 N–H and O–H groups in total. The molecular weight excluding hydrogens is 481 g/mol. The van der Waals surface area contributed by atoms with Crippen molar-refractivity contribution in [2.45, 2.75) is 39.3 Å². The Morgan fingerprint density at radius 1 is 1.20 bits per heavy atom. The fraction of sp³-hybridized carbons (Fsp3) is 0.320. The van der Waals surface area contributed by atoms with Gasteiger partial charge in [0.25, 0.3) is 5.97 Å². The van der Waals surface area contributed by atoms with Gasteiger partial charge in [0, 0.05) is 24.9 Å². The first kappa shape index (κ1) is 28.0. The van der Waals surface area contributed by atoms with E-state index in [9.17, 15) is 24.2 Å². The second kappa shape index (κ2) is 11.9. The lowest BCUT2D eigenvalue weighted by molar-refractivity contribution is -0.134. The third kappa shape index (κ3) is 6.45. The standard InChI is InChI=1S/C23H23ClFNO5.C2H4O2/c1-12(2)26(11-27)19-9-17(23(29)30)22(28)16-8-14(20(31-3)10-15(16)19)7-13-5-4-6-18(24)21(13)25;1-2(3)4/h4-6,8-10,12,19,27H,7,11H2,1-3H3,(H,29,30);1H3,(H,3,4). The molecule has 3 rings (SSSR count). The van der Waals surface area contributed by atoms with Crippen LogP contribution in [0.5, 0.6) is 5.75 Å². The van der Waals surface area contributed by atoms with Gasteiger partial charge in [0.05, 0.1) is 24.9 Å². The zero-order valence-electron chi connectivity index (χ0n) is 19.7. The minimum absolute atomic E-state index is 0.0165. The zero-order chi connectivity index (χ0) is 26.4. The second-order valence-electron chi connectivity index (χ2n) is 8.07. The normalized spacial score (nSPS) is 14.7. The van der Waals surface area contributed by atoms with Gasteiger partial charge in [-0.25, -0.2) is 9.18 Å². The molecule has 0 amide bonds. The Labute approximate surface area is 207 Å². The summed E-state index contributed by atoms with van der Waals surface area (Å²) in [5.41, 5.74) is 1.16. The van der Waals surface area contributed by atoms with Crippen LogP contribution < -0.4 is 4.74 Å². The number of rotatable bonds is 7. The zero-order valence-corrected chi connectivity index (χ0v) is 20.5. The molecule has 0 aromatic heterocycles. The number of hydrogen-bond acceptors (Lipinski definition) is 6. The number of aliphatic hydroxyl groups is 1. The second-order valence-corrected chi connectivity index (χ2v) is 8.48. The Hall–Kier alpha value is -3.27. The molecule has 8 nitrogen and oxygen atoms in total. The molecule has 0 saturated carbocycles. The first-order chi connectivity index (χ1) is 16.4. The number of benzene rings is 2. The molecule has 35 heavy (non-hydrogen) atoms. The molecule has 10 heteroatoms. The average Bonchev–Trinajstić information content (AvgIpc) is 2.77. The number of carbonyl (C=O) groups is 3. The van der Waals surface area contributed by atoms with E-state index in [4.69, 9.17) is 26.2 Å². The summed E-state index contributed by atoms with van der Waals surface area (Å²) in [6.07, 6.45) is 1.44. The largest absolute Gasteiger partial charge is 0.496 e. The SMILES string of the molecule is CC(=O)O.COc1cc2c(cc1Cc1cccc(Cl)c1F)C(=O)C(C(=O)O)=CC2N(CO)C(C)C. The van der Waals surface area contributed by atoms with E-state index < -0.39 is 29.6 Å². The number of ether oxygens (including phenoxy) is 1. The summed E-state index contributed by atoms with van der Waals surface area (Å²) in [5.74, 6) is -2.97. The Morgan fingerprint density at radius 2 is 1.83 bits per heavy atom. The summed E-state index contributed by atoms with van der Waals surface area (Å²) < 4.78 is 19.9. The first-order valence-corrected chi connectivity index (χ1v) is 11.0. The first-order valence-electron chi connectivity index (χ1n) is 10.6. The van der Waals surface area contributed by atoms with E-state index in [1.54, 1.807) is 23.1 Å². The van der Waals surface area contributed by atoms with E-state index >= 15 is 0 Å². The third-order valence-electron chi connectivity index (χ3n) is 5.41. The van der Waals surface area contributed by atoms with Crippen molar-refractivity contribution in [2.24, 2.45) is 0 Å². The van der Waals surface area contributed by atoms with Gasteiger partial charge in [0.15, 0.2) is 5.78 Å². The minimum Gasteiger partial charge on any atom is -0.496 e. The number of methoxy groups -OCH3 is 1. The predicted molar refractivity (Wildman–Crippen MR) is 127 cm³/mol. The van der Waals surface area contributed by atoms with Gasteiger partial charge >= 0.3 is 5.97 Å². The van der Waals surface area contributed by atoms with Crippen molar-refractivity contribution in [3.8, 4) is 5.75 Å². The average molecular weight is 508 g/mol. The van der Waals surface area contributed by atoms with Gasteiger partial charge in [-0.15, -0.1) is 0 Å². The van der Waals surface area contributed by atoms with Crippen LogP contribution in [0.1, 0.15) is 53.9 Å². The van der Waals surface area contributed by atoms with Gasteiger partial charge < -0.3 is 20.1 Å². The number of ketones is 1. The van der Waals surface area contributed by atoms with Gasteiger partial charge in [-0.05, 0) is 54.8 Å². The van der Waals surface area contributed by atoms with E-state index in [0.717, 1.165) is 6.92 Å². The molecule has 188 valence electrons. The highest BCUT2D eigenvalue weighted by atomic mass is 35.5.